The van der Waals surface area contributed by atoms with Crippen LogP contribution in [0.2, 0.25) is 0 Å². The topological polar surface area (TPSA) is 57.6 Å². The van der Waals surface area contributed by atoms with Crippen LogP contribution in [0.5, 0.6) is 0 Å². The third-order valence-electron chi connectivity index (χ3n) is 2.94. The highest BCUT2D eigenvalue weighted by atomic mass is 32.2. The largest absolute Gasteiger partial charge is 0.389 e. The molecule has 4 nitrogen and oxygen atoms in total. The summed E-state index contributed by atoms with van der Waals surface area (Å²) in [6.45, 7) is 5.24. The van der Waals surface area contributed by atoms with Crippen LogP contribution < -0.4 is 0 Å². The van der Waals surface area contributed by atoms with Crippen LogP contribution in [0.3, 0.4) is 0 Å². The Hall–Kier alpha value is -0.130. The number of hydrogen-bond donors (Lipinski definition) is 1. The predicted octanol–water partition coefficient (Wildman–Crippen LogP) is 0.904. The van der Waals surface area contributed by atoms with Crippen LogP contribution in [0.4, 0.5) is 0 Å². The third-order valence-corrected chi connectivity index (χ3v) is 3.97. The third kappa shape index (κ3) is 7.19. The maximum atomic E-state index is 10.9. The minimum Gasteiger partial charge on any atom is -0.389 e. The van der Waals surface area contributed by atoms with E-state index in [1.54, 1.807) is 0 Å². The highest BCUT2D eigenvalue weighted by Crippen LogP contribution is 2.15. The van der Waals surface area contributed by atoms with Crippen LogP contribution in [0.15, 0.2) is 0 Å². The fourth-order valence-electron chi connectivity index (χ4n) is 1.65. The summed E-state index contributed by atoms with van der Waals surface area (Å²) in [7, 11) is -0.949. The molecule has 1 N–H and O–H groups in total. The smallest absolute Gasteiger partial charge is 0.147 e. The van der Waals surface area contributed by atoms with Crippen molar-refractivity contribution in [3.8, 4) is 0 Å². The first-order valence-corrected chi connectivity index (χ1v) is 7.87. The van der Waals surface area contributed by atoms with Gasteiger partial charge in [0.15, 0.2) is 0 Å². The fourth-order valence-corrected chi connectivity index (χ4v) is 2.31. The molecule has 0 heterocycles. The molecule has 0 atom stereocenters. The highest BCUT2D eigenvalue weighted by Gasteiger charge is 2.23. The number of likely N-dealkylation sites (N-methyl/N-ethyl adjacent to an activating group) is 1. The Labute approximate surface area is 99.6 Å². The summed E-state index contributed by atoms with van der Waals surface area (Å²) in [5, 5.41) is 10.1. The van der Waals surface area contributed by atoms with E-state index in [9.17, 15) is 13.5 Å². The van der Waals surface area contributed by atoms with Gasteiger partial charge in [0.2, 0.25) is 0 Å². The average Bonchev–Trinajstić information content (AvgIpc) is 2.15. The minimum atomic E-state index is -2.86. The molecule has 0 amide bonds. The molecule has 0 saturated heterocycles. The Balaban J connectivity index is 3.95. The molecular formula is C11H25NO3S. The molecule has 0 unspecified atom stereocenters. The van der Waals surface area contributed by atoms with Crippen molar-refractivity contribution < 1.29 is 13.5 Å². The maximum absolute atomic E-state index is 10.9. The van der Waals surface area contributed by atoms with Crippen molar-refractivity contribution in [3.05, 3.63) is 0 Å². The van der Waals surface area contributed by atoms with Gasteiger partial charge in [0.05, 0.1) is 11.4 Å². The van der Waals surface area contributed by atoms with Gasteiger partial charge in [-0.2, -0.15) is 0 Å². The van der Waals surface area contributed by atoms with Crippen molar-refractivity contribution in [2.24, 2.45) is 0 Å². The number of aliphatic hydroxyl groups is 1. The zero-order chi connectivity index (χ0) is 12.8. The highest BCUT2D eigenvalue weighted by molar-refractivity contribution is 7.90. The van der Waals surface area contributed by atoms with Crippen molar-refractivity contribution in [1.82, 2.24) is 4.90 Å². The quantitative estimate of drug-likeness (QED) is 0.696. The van der Waals surface area contributed by atoms with Crippen LogP contribution in [-0.4, -0.2) is 56.2 Å². The average molecular weight is 251 g/mol. The van der Waals surface area contributed by atoms with Crippen molar-refractivity contribution in [2.75, 3.05) is 32.1 Å². The lowest BCUT2D eigenvalue weighted by Crippen LogP contribution is -2.41. The summed E-state index contributed by atoms with van der Waals surface area (Å²) >= 11 is 0. The molecule has 0 rings (SSSR count). The predicted molar refractivity (Wildman–Crippen MR) is 67.4 cm³/mol. The second-order valence-corrected chi connectivity index (χ2v) is 6.91. The summed E-state index contributed by atoms with van der Waals surface area (Å²) in [4.78, 5) is 2.00. The van der Waals surface area contributed by atoms with Crippen molar-refractivity contribution in [1.29, 1.82) is 0 Å². The molecular weight excluding hydrogens is 226 g/mol. The molecule has 0 radical (unpaired) electrons. The summed E-state index contributed by atoms with van der Waals surface area (Å²) in [5.41, 5.74) is -0.639. The van der Waals surface area contributed by atoms with Gasteiger partial charge < -0.3 is 10.0 Å². The molecule has 0 spiro atoms. The van der Waals surface area contributed by atoms with Gasteiger partial charge in [-0.15, -0.1) is 0 Å². The molecule has 16 heavy (non-hydrogen) atoms. The lowest BCUT2D eigenvalue weighted by atomic mass is 9.97. The first-order valence-electron chi connectivity index (χ1n) is 5.81. The molecule has 0 bridgehead atoms. The first-order chi connectivity index (χ1) is 7.22. The van der Waals surface area contributed by atoms with Gasteiger partial charge in [0.1, 0.15) is 9.84 Å². The van der Waals surface area contributed by atoms with E-state index in [0.717, 1.165) is 12.8 Å². The van der Waals surface area contributed by atoms with Crippen LogP contribution in [0, 0.1) is 0 Å². The summed E-state index contributed by atoms with van der Waals surface area (Å²) < 4.78 is 21.9. The van der Waals surface area contributed by atoms with E-state index < -0.39 is 15.4 Å². The van der Waals surface area contributed by atoms with Crippen molar-refractivity contribution in [2.45, 2.75) is 38.7 Å². The Bertz CT molecular complexity index is 284. The monoisotopic (exact) mass is 251 g/mol. The van der Waals surface area contributed by atoms with E-state index in [-0.39, 0.29) is 5.75 Å². The number of nitrogens with zero attached hydrogens (tertiary/aromatic N) is 1. The van der Waals surface area contributed by atoms with Gasteiger partial charge in [0, 0.05) is 12.8 Å². The molecule has 0 aromatic heterocycles. The second kappa shape index (κ2) is 6.57. The van der Waals surface area contributed by atoms with Gasteiger partial charge >= 0.3 is 0 Å². The van der Waals surface area contributed by atoms with Crippen LogP contribution in [0.25, 0.3) is 0 Å². The molecule has 5 heteroatoms. The Morgan fingerprint density at radius 2 is 1.75 bits per heavy atom. The van der Waals surface area contributed by atoms with Crippen molar-refractivity contribution in [3.63, 3.8) is 0 Å². The summed E-state index contributed by atoms with van der Waals surface area (Å²) in [6.07, 6.45) is 3.32. The maximum Gasteiger partial charge on any atom is 0.147 e. The molecule has 0 aliphatic rings. The lowest BCUT2D eigenvalue weighted by molar-refractivity contribution is 0.00321. The van der Waals surface area contributed by atoms with Crippen LogP contribution >= 0.6 is 0 Å². The van der Waals surface area contributed by atoms with E-state index in [1.165, 1.54) is 6.26 Å². The molecule has 0 aliphatic carbocycles. The molecule has 0 fully saturated rings. The van der Waals surface area contributed by atoms with E-state index in [1.807, 2.05) is 25.8 Å². The summed E-state index contributed by atoms with van der Waals surface area (Å²) in [5.74, 6) is 0.216. The number of hydrogen-bond acceptors (Lipinski definition) is 4. The van der Waals surface area contributed by atoms with Crippen LogP contribution in [-0.2, 0) is 9.84 Å². The van der Waals surface area contributed by atoms with Gasteiger partial charge in [0.25, 0.3) is 0 Å². The Kier molecular flexibility index (Phi) is 6.51. The zero-order valence-corrected chi connectivity index (χ0v) is 11.7. The Morgan fingerprint density at radius 1 is 1.25 bits per heavy atom. The van der Waals surface area contributed by atoms with E-state index in [4.69, 9.17) is 0 Å². The Morgan fingerprint density at radius 3 is 2.12 bits per heavy atom. The zero-order valence-electron chi connectivity index (χ0n) is 10.9. The number of rotatable bonds is 8. The van der Waals surface area contributed by atoms with Gasteiger partial charge in [-0.05, 0) is 32.9 Å². The fraction of sp³-hybridized carbons (Fsp3) is 1.00. The number of sulfone groups is 1. The standard InChI is InChI=1S/C11H25NO3S/c1-5-11(13,6-2)10-12(3)8-7-9-16(4,14)15/h13H,5-10H2,1-4H3. The van der Waals surface area contributed by atoms with E-state index in [2.05, 4.69) is 0 Å². The first kappa shape index (κ1) is 15.9. The van der Waals surface area contributed by atoms with Crippen molar-refractivity contribution >= 4 is 9.84 Å². The SMILES string of the molecule is CCC(O)(CC)CN(C)CCCS(C)(=O)=O. The van der Waals surface area contributed by atoms with E-state index >= 15 is 0 Å². The molecule has 0 saturated carbocycles. The van der Waals surface area contributed by atoms with E-state index in [0.29, 0.717) is 19.5 Å². The van der Waals surface area contributed by atoms with Gasteiger partial charge in [-0.25, -0.2) is 8.42 Å². The van der Waals surface area contributed by atoms with Crippen LogP contribution in [0.1, 0.15) is 33.1 Å². The molecule has 0 aromatic carbocycles. The normalized spacial score (nSPS) is 13.4. The molecule has 0 aliphatic heterocycles. The second-order valence-electron chi connectivity index (χ2n) is 4.65. The molecule has 0 aromatic rings. The minimum absolute atomic E-state index is 0.216. The molecule has 98 valence electrons. The van der Waals surface area contributed by atoms with Gasteiger partial charge in [-0.3, -0.25) is 0 Å². The van der Waals surface area contributed by atoms with Gasteiger partial charge in [-0.1, -0.05) is 13.8 Å². The summed E-state index contributed by atoms with van der Waals surface area (Å²) in [6, 6.07) is 0. The lowest BCUT2D eigenvalue weighted by Gasteiger charge is -2.30.